The Kier molecular flexibility index (Phi) is 11.2. The quantitative estimate of drug-likeness (QED) is 0.506. The van der Waals surface area contributed by atoms with Gasteiger partial charge in [0.1, 0.15) is 0 Å². The van der Waals surface area contributed by atoms with E-state index in [1.165, 1.54) is 0 Å². The molecule has 0 aliphatic rings. The van der Waals surface area contributed by atoms with Crippen molar-refractivity contribution in [3.8, 4) is 0 Å². The van der Waals surface area contributed by atoms with Gasteiger partial charge in [0, 0.05) is 0 Å². The predicted octanol–water partition coefficient (Wildman–Crippen LogP) is 2.21. The minimum Gasteiger partial charge on any atom is -0.270 e. The third-order valence-corrected chi connectivity index (χ3v) is 2.52. The Morgan fingerprint density at radius 3 is 2.29 bits per heavy atom. The van der Waals surface area contributed by atoms with Gasteiger partial charge in [-0.15, -0.1) is 0 Å². The summed E-state index contributed by atoms with van der Waals surface area (Å²) in [5, 5.41) is 0. The summed E-state index contributed by atoms with van der Waals surface area (Å²) < 4.78 is 26.8. The molecule has 0 saturated carbocycles. The number of allylic oxidation sites excluding steroid dienone is 1. The van der Waals surface area contributed by atoms with E-state index < -0.39 is 10.1 Å². The standard InChI is InChI=1S/C9H18O3S.H2S/c1-3-5-6-7-9-13(10,11)12-8-4-2;/h6-7H,3-5,8-9H2,1-2H3;1H2. The van der Waals surface area contributed by atoms with Gasteiger partial charge in [0.25, 0.3) is 10.1 Å². The van der Waals surface area contributed by atoms with Crippen LogP contribution in [0.1, 0.15) is 33.1 Å². The van der Waals surface area contributed by atoms with Gasteiger partial charge in [-0.05, 0) is 12.8 Å². The van der Waals surface area contributed by atoms with E-state index >= 15 is 0 Å². The maximum Gasteiger partial charge on any atom is 0.270 e. The molecule has 14 heavy (non-hydrogen) atoms. The topological polar surface area (TPSA) is 43.4 Å². The molecule has 0 radical (unpaired) electrons. The molecule has 0 fully saturated rings. The van der Waals surface area contributed by atoms with Crippen LogP contribution in [0.5, 0.6) is 0 Å². The number of hydrogen-bond acceptors (Lipinski definition) is 3. The van der Waals surface area contributed by atoms with E-state index in [0.717, 1.165) is 19.3 Å². The Hall–Kier alpha value is -0.0000000000000000555. The number of rotatable bonds is 7. The van der Waals surface area contributed by atoms with E-state index in [9.17, 15) is 8.42 Å². The van der Waals surface area contributed by atoms with E-state index in [4.69, 9.17) is 0 Å². The van der Waals surface area contributed by atoms with Gasteiger partial charge < -0.3 is 0 Å². The van der Waals surface area contributed by atoms with Crippen LogP contribution in [0, 0.1) is 0 Å². The molecule has 3 nitrogen and oxygen atoms in total. The van der Waals surface area contributed by atoms with Crippen molar-refractivity contribution in [2.75, 3.05) is 12.4 Å². The second-order valence-corrected chi connectivity index (χ2v) is 4.49. The van der Waals surface area contributed by atoms with Crippen molar-refractivity contribution < 1.29 is 12.6 Å². The first kappa shape index (κ1) is 16.4. The van der Waals surface area contributed by atoms with E-state index in [1.807, 2.05) is 19.9 Å². The van der Waals surface area contributed by atoms with Crippen LogP contribution in [0.2, 0.25) is 0 Å². The first-order valence-corrected chi connectivity index (χ1v) is 6.22. The molecule has 0 bridgehead atoms. The van der Waals surface area contributed by atoms with Crippen LogP contribution in [0.25, 0.3) is 0 Å². The zero-order valence-electron chi connectivity index (χ0n) is 8.82. The molecule has 5 heteroatoms. The van der Waals surface area contributed by atoms with Crippen molar-refractivity contribution in [1.82, 2.24) is 0 Å². The fourth-order valence-corrected chi connectivity index (χ4v) is 1.62. The molecule has 0 saturated heterocycles. The van der Waals surface area contributed by atoms with Gasteiger partial charge in [-0.25, -0.2) is 0 Å². The highest BCUT2D eigenvalue weighted by molar-refractivity contribution is 7.86. The smallest absolute Gasteiger partial charge is 0.270 e. The van der Waals surface area contributed by atoms with E-state index in [2.05, 4.69) is 4.18 Å². The van der Waals surface area contributed by atoms with Crippen molar-refractivity contribution in [2.24, 2.45) is 0 Å². The second kappa shape index (κ2) is 9.55. The van der Waals surface area contributed by atoms with Gasteiger partial charge in [0.15, 0.2) is 0 Å². The molecule has 0 amide bonds. The third-order valence-electron chi connectivity index (χ3n) is 1.39. The Balaban J connectivity index is 0. The lowest BCUT2D eigenvalue weighted by molar-refractivity contribution is 0.320. The van der Waals surface area contributed by atoms with E-state index in [-0.39, 0.29) is 25.9 Å². The average molecular weight is 240 g/mol. The highest BCUT2D eigenvalue weighted by Gasteiger charge is 2.06. The van der Waals surface area contributed by atoms with Crippen LogP contribution in [0.15, 0.2) is 12.2 Å². The van der Waals surface area contributed by atoms with Gasteiger partial charge >= 0.3 is 0 Å². The highest BCUT2D eigenvalue weighted by atomic mass is 32.2. The zero-order valence-corrected chi connectivity index (χ0v) is 10.6. The molecular formula is C9H20O3S2. The van der Waals surface area contributed by atoms with Crippen LogP contribution in [-0.4, -0.2) is 20.8 Å². The monoisotopic (exact) mass is 240 g/mol. The molecule has 0 spiro atoms. The molecule has 0 aromatic heterocycles. The summed E-state index contributed by atoms with van der Waals surface area (Å²) >= 11 is 0. The zero-order chi connectivity index (χ0) is 10.2. The third kappa shape index (κ3) is 10.1. The van der Waals surface area contributed by atoms with Crippen LogP contribution in [0.4, 0.5) is 0 Å². The van der Waals surface area contributed by atoms with Crippen molar-refractivity contribution in [2.45, 2.75) is 33.1 Å². The summed E-state index contributed by atoms with van der Waals surface area (Å²) in [6.07, 6.45) is 6.19. The van der Waals surface area contributed by atoms with Gasteiger partial charge in [-0.3, -0.25) is 4.18 Å². The Morgan fingerprint density at radius 2 is 1.79 bits per heavy atom. The Morgan fingerprint density at radius 1 is 1.14 bits per heavy atom. The summed E-state index contributed by atoms with van der Waals surface area (Å²) in [6, 6.07) is 0. The molecule has 0 unspecified atom stereocenters. The molecular weight excluding hydrogens is 220 g/mol. The van der Waals surface area contributed by atoms with Crippen LogP contribution >= 0.6 is 13.5 Å². The van der Waals surface area contributed by atoms with Gasteiger partial charge in [-0.2, -0.15) is 21.9 Å². The first-order valence-electron chi connectivity index (χ1n) is 4.64. The lowest BCUT2D eigenvalue weighted by Gasteiger charge is -2.00. The summed E-state index contributed by atoms with van der Waals surface area (Å²) in [6.45, 7) is 4.21. The van der Waals surface area contributed by atoms with Gasteiger partial charge in [-0.1, -0.05) is 32.4 Å². The molecule has 86 valence electrons. The molecule has 0 aliphatic carbocycles. The fourth-order valence-electron chi connectivity index (χ4n) is 0.729. The van der Waals surface area contributed by atoms with Crippen molar-refractivity contribution >= 4 is 23.6 Å². The lowest BCUT2D eigenvalue weighted by atomic mass is 10.3. The molecule has 0 aromatic rings. The molecule has 0 rings (SSSR count). The largest absolute Gasteiger partial charge is 0.270 e. The normalized spacial score (nSPS) is 11.6. The summed E-state index contributed by atoms with van der Waals surface area (Å²) in [5.41, 5.74) is 0. The minimum absolute atomic E-state index is 0. The van der Waals surface area contributed by atoms with Gasteiger partial charge in [0.2, 0.25) is 0 Å². The minimum atomic E-state index is -3.31. The van der Waals surface area contributed by atoms with E-state index in [0.29, 0.717) is 0 Å². The Bertz CT molecular complexity index is 232. The molecule has 0 aliphatic heterocycles. The van der Waals surface area contributed by atoms with Crippen molar-refractivity contribution in [3.63, 3.8) is 0 Å². The summed E-state index contributed by atoms with van der Waals surface area (Å²) in [4.78, 5) is 0. The van der Waals surface area contributed by atoms with E-state index in [1.54, 1.807) is 6.08 Å². The lowest BCUT2D eigenvalue weighted by Crippen LogP contribution is -2.09. The summed E-state index contributed by atoms with van der Waals surface area (Å²) in [5.74, 6) is -0.00694. The highest BCUT2D eigenvalue weighted by Crippen LogP contribution is 1.97. The molecule has 0 heterocycles. The van der Waals surface area contributed by atoms with Crippen LogP contribution in [0.3, 0.4) is 0 Å². The van der Waals surface area contributed by atoms with Gasteiger partial charge in [0.05, 0.1) is 12.4 Å². The van der Waals surface area contributed by atoms with Crippen LogP contribution < -0.4 is 0 Å². The fraction of sp³-hybridized carbons (Fsp3) is 0.778. The maximum atomic E-state index is 11.1. The summed E-state index contributed by atoms with van der Waals surface area (Å²) in [7, 11) is -3.31. The van der Waals surface area contributed by atoms with Crippen molar-refractivity contribution in [3.05, 3.63) is 12.2 Å². The Labute approximate surface area is 94.1 Å². The number of unbranched alkanes of at least 4 members (excludes halogenated alkanes) is 1. The van der Waals surface area contributed by atoms with Crippen molar-refractivity contribution in [1.29, 1.82) is 0 Å². The molecule has 0 N–H and O–H groups in total. The maximum absolute atomic E-state index is 11.1. The average Bonchev–Trinajstić information content (AvgIpc) is 2.09. The predicted molar refractivity (Wildman–Crippen MR) is 64.5 cm³/mol. The van der Waals surface area contributed by atoms with Crippen LogP contribution in [-0.2, 0) is 14.3 Å². The molecule has 0 aromatic carbocycles. The SMILES string of the molecule is CCCC=CCS(=O)(=O)OCCC.S. The first-order chi connectivity index (χ1) is 6.12. The number of hydrogen-bond donors (Lipinski definition) is 0. The second-order valence-electron chi connectivity index (χ2n) is 2.81. The molecule has 0 atom stereocenters.